The number of hydrogen-bond donors (Lipinski definition) is 1. The summed E-state index contributed by atoms with van der Waals surface area (Å²) in [7, 11) is 0. The Balaban J connectivity index is 2.32. The Hall–Kier alpha value is -3.58. The third-order valence-electron chi connectivity index (χ3n) is 4.15. The van der Waals surface area contributed by atoms with E-state index in [9.17, 15) is 53.5 Å². The SMILES string of the molecule is Cc1[nH]n(-c2c(F)c(F)c(F)c(F)c2F)c(=O)c1C(=O)c1c(F)c(F)c(F)c(F)c1F. The standard InChI is InChI=1S/C17H4F10N2O2/c1-2-3(16(30)4-5(18)7(20)9(22)8(21)6(4)19)17(31)29(28-2)15-13(26)11(24)10(23)12(25)14(15)27/h28H,1H3. The lowest BCUT2D eigenvalue weighted by Crippen LogP contribution is -2.25. The van der Waals surface area contributed by atoms with Gasteiger partial charge in [-0.3, -0.25) is 14.7 Å². The molecule has 164 valence electrons. The smallest absolute Gasteiger partial charge is 0.282 e. The van der Waals surface area contributed by atoms with Gasteiger partial charge in [-0.05, 0) is 6.92 Å². The molecule has 0 bridgehead atoms. The number of rotatable bonds is 3. The first-order chi connectivity index (χ1) is 14.3. The van der Waals surface area contributed by atoms with Gasteiger partial charge in [-0.1, -0.05) is 0 Å². The summed E-state index contributed by atoms with van der Waals surface area (Å²) in [5, 5.41) is 1.76. The maximum Gasteiger partial charge on any atom is 0.282 e. The third-order valence-corrected chi connectivity index (χ3v) is 4.15. The number of ketones is 1. The van der Waals surface area contributed by atoms with Gasteiger partial charge in [-0.15, -0.1) is 0 Å². The van der Waals surface area contributed by atoms with Crippen molar-refractivity contribution in [2.45, 2.75) is 6.92 Å². The minimum atomic E-state index is -2.60. The van der Waals surface area contributed by atoms with Crippen molar-refractivity contribution in [2.75, 3.05) is 0 Å². The first kappa shape index (κ1) is 22.1. The van der Waals surface area contributed by atoms with Gasteiger partial charge in [0.1, 0.15) is 16.8 Å². The highest BCUT2D eigenvalue weighted by atomic mass is 19.2. The van der Waals surface area contributed by atoms with Crippen molar-refractivity contribution in [1.29, 1.82) is 0 Å². The second-order valence-electron chi connectivity index (χ2n) is 5.94. The summed E-state index contributed by atoms with van der Waals surface area (Å²) in [6.07, 6.45) is 0. The van der Waals surface area contributed by atoms with Gasteiger partial charge in [0, 0.05) is 5.69 Å². The van der Waals surface area contributed by atoms with E-state index in [1.807, 2.05) is 0 Å². The van der Waals surface area contributed by atoms with Crippen LogP contribution in [0.5, 0.6) is 0 Å². The summed E-state index contributed by atoms with van der Waals surface area (Å²) in [6, 6.07) is 0. The van der Waals surface area contributed by atoms with Crippen molar-refractivity contribution < 1.29 is 48.7 Å². The van der Waals surface area contributed by atoms with Gasteiger partial charge in [-0.25, -0.2) is 48.6 Å². The van der Waals surface area contributed by atoms with Gasteiger partial charge in [-0.2, -0.15) is 0 Å². The molecule has 0 saturated heterocycles. The fourth-order valence-electron chi connectivity index (χ4n) is 2.69. The average molecular weight is 458 g/mol. The molecule has 0 aliphatic carbocycles. The number of carbonyl (C=O) groups is 1. The summed E-state index contributed by atoms with van der Waals surface area (Å²) in [5.74, 6) is -27.4. The maximum atomic E-state index is 14.0. The van der Waals surface area contributed by atoms with E-state index < -0.39 is 92.0 Å². The number of aryl methyl sites for hydroxylation is 1. The fourth-order valence-corrected chi connectivity index (χ4v) is 2.69. The minimum Gasteiger partial charge on any atom is -0.294 e. The van der Waals surface area contributed by atoms with Crippen LogP contribution in [0.1, 0.15) is 21.6 Å². The number of carbonyl (C=O) groups excluding carboxylic acids is 1. The largest absolute Gasteiger partial charge is 0.294 e. The first-order valence-corrected chi connectivity index (χ1v) is 7.72. The van der Waals surface area contributed by atoms with Crippen LogP contribution in [0.2, 0.25) is 0 Å². The Morgan fingerprint density at radius 1 is 0.613 bits per heavy atom. The average Bonchev–Trinajstić information content (AvgIpc) is 3.01. The second-order valence-corrected chi connectivity index (χ2v) is 5.94. The zero-order valence-electron chi connectivity index (χ0n) is 14.5. The molecule has 0 aliphatic heterocycles. The summed E-state index contributed by atoms with van der Waals surface area (Å²) < 4.78 is 135. The molecule has 4 nitrogen and oxygen atoms in total. The van der Waals surface area contributed by atoms with Crippen LogP contribution in [-0.4, -0.2) is 15.6 Å². The van der Waals surface area contributed by atoms with E-state index in [0.717, 1.165) is 6.92 Å². The molecule has 1 heterocycles. The zero-order chi connectivity index (χ0) is 23.5. The van der Waals surface area contributed by atoms with Gasteiger partial charge in [0.2, 0.25) is 17.4 Å². The molecule has 0 unspecified atom stereocenters. The van der Waals surface area contributed by atoms with Crippen molar-refractivity contribution >= 4 is 5.78 Å². The quantitative estimate of drug-likeness (QED) is 0.278. The molecule has 0 radical (unpaired) electrons. The zero-order valence-corrected chi connectivity index (χ0v) is 14.5. The van der Waals surface area contributed by atoms with Crippen molar-refractivity contribution in [1.82, 2.24) is 9.78 Å². The summed E-state index contributed by atoms with van der Waals surface area (Å²) in [6.45, 7) is 0.795. The molecule has 0 spiro atoms. The van der Waals surface area contributed by atoms with Gasteiger partial charge >= 0.3 is 0 Å². The van der Waals surface area contributed by atoms with Crippen LogP contribution in [0, 0.1) is 65.1 Å². The van der Waals surface area contributed by atoms with Gasteiger partial charge in [0.15, 0.2) is 46.5 Å². The Labute approximate surface area is 163 Å². The molecule has 3 aromatic rings. The molecule has 2 aromatic carbocycles. The van der Waals surface area contributed by atoms with Crippen molar-refractivity contribution in [3.05, 3.63) is 85.3 Å². The van der Waals surface area contributed by atoms with Crippen LogP contribution in [0.25, 0.3) is 5.69 Å². The normalized spacial score (nSPS) is 11.3. The lowest BCUT2D eigenvalue weighted by molar-refractivity contribution is 0.102. The van der Waals surface area contributed by atoms with Crippen LogP contribution in [0.3, 0.4) is 0 Å². The highest BCUT2D eigenvalue weighted by molar-refractivity contribution is 6.10. The van der Waals surface area contributed by atoms with E-state index in [0.29, 0.717) is 0 Å². The molecule has 0 atom stereocenters. The maximum absolute atomic E-state index is 14.0. The molecular formula is C17H4F10N2O2. The lowest BCUT2D eigenvalue weighted by atomic mass is 10.0. The van der Waals surface area contributed by atoms with Crippen LogP contribution < -0.4 is 5.56 Å². The van der Waals surface area contributed by atoms with E-state index in [4.69, 9.17) is 0 Å². The Bertz CT molecular complexity index is 1280. The molecule has 1 N–H and O–H groups in total. The van der Waals surface area contributed by atoms with Crippen LogP contribution in [0.15, 0.2) is 4.79 Å². The first-order valence-electron chi connectivity index (χ1n) is 7.72. The highest BCUT2D eigenvalue weighted by Gasteiger charge is 2.35. The molecule has 0 fully saturated rings. The van der Waals surface area contributed by atoms with Crippen molar-refractivity contribution in [2.24, 2.45) is 0 Å². The number of aromatic nitrogens is 2. The van der Waals surface area contributed by atoms with E-state index in [2.05, 4.69) is 0 Å². The van der Waals surface area contributed by atoms with Crippen LogP contribution >= 0.6 is 0 Å². The van der Waals surface area contributed by atoms with E-state index in [1.165, 1.54) is 0 Å². The number of nitrogens with one attached hydrogen (secondary N) is 1. The Kier molecular flexibility index (Phi) is 5.19. The summed E-state index contributed by atoms with van der Waals surface area (Å²) in [5.41, 5.74) is -7.97. The van der Waals surface area contributed by atoms with Gasteiger partial charge < -0.3 is 0 Å². The van der Waals surface area contributed by atoms with E-state index in [-0.39, 0.29) is 4.68 Å². The molecule has 3 rings (SSSR count). The molecule has 0 saturated carbocycles. The number of H-pyrrole nitrogens is 1. The van der Waals surface area contributed by atoms with Crippen LogP contribution in [-0.2, 0) is 0 Å². The topological polar surface area (TPSA) is 54.9 Å². The molecule has 14 heteroatoms. The lowest BCUT2D eigenvalue weighted by Gasteiger charge is -2.08. The molecule has 0 aliphatic rings. The molecule has 31 heavy (non-hydrogen) atoms. The number of aromatic amines is 1. The second kappa shape index (κ2) is 7.28. The molecule has 1 aromatic heterocycles. The number of benzene rings is 2. The highest BCUT2D eigenvalue weighted by Crippen LogP contribution is 2.27. The Morgan fingerprint density at radius 2 is 0.968 bits per heavy atom. The van der Waals surface area contributed by atoms with Gasteiger partial charge in [0.05, 0.1) is 0 Å². The minimum absolute atomic E-state index is 0.342. The summed E-state index contributed by atoms with van der Waals surface area (Å²) in [4.78, 5) is 24.8. The molecule has 0 amide bonds. The predicted octanol–water partition coefficient (Wildman–Crippen LogP) is 4.10. The number of halogens is 10. The van der Waals surface area contributed by atoms with E-state index in [1.54, 1.807) is 5.10 Å². The van der Waals surface area contributed by atoms with Crippen LogP contribution in [0.4, 0.5) is 43.9 Å². The summed E-state index contributed by atoms with van der Waals surface area (Å²) >= 11 is 0. The van der Waals surface area contributed by atoms with Crippen molar-refractivity contribution in [3.8, 4) is 5.69 Å². The monoisotopic (exact) mass is 458 g/mol. The van der Waals surface area contributed by atoms with E-state index >= 15 is 0 Å². The third kappa shape index (κ3) is 3.00. The molecular weight excluding hydrogens is 454 g/mol. The number of hydrogen-bond acceptors (Lipinski definition) is 2. The number of nitrogens with zero attached hydrogens (tertiary/aromatic N) is 1. The Morgan fingerprint density at radius 3 is 1.39 bits per heavy atom. The fraction of sp³-hybridized carbons (Fsp3) is 0.0588. The predicted molar refractivity (Wildman–Crippen MR) is 80.6 cm³/mol. The van der Waals surface area contributed by atoms with Crippen molar-refractivity contribution in [3.63, 3.8) is 0 Å². The van der Waals surface area contributed by atoms with Gasteiger partial charge in [0.25, 0.3) is 5.56 Å².